The fourth-order valence-electron chi connectivity index (χ4n) is 1.30. The van der Waals surface area contributed by atoms with Crippen LogP contribution in [0.5, 0.6) is 0 Å². The number of nitrogens with two attached hydrogens (primary N) is 1. The van der Waals surface area contributed by atoms with Crippen molar-refractivity contribution in [3.63, 3.8) is 0 Å². The lowest BCUT2D eigenvalue weighted by atomic mass is 10.1. The molecule has 0 spiro atoms. The summed E-state index contributed by atoms with van der Waals surface area (Å²) in [5.41, 5.74) is 7.76. The van der Waals surface area contributed by atoms with Gasteiger partial charge in [0.05, 0.1) is 12.4 Å². The Labute approximate surface area is 91.1 Å². The molecule has 0 aliphatic rings. The number of para-hydroxylation sites is 1. The number of ether oxygens (including phenoxy) is 1. The van der Waals surface area contributed by atoms with Crippen LogP contribution in [0.4, 0.5) is 5.69 Å². The van der Waals surface area contributed by atoms with Crippen LogP contribution in [-0.2, 0) is 11.2 Å². The quantitative estimate of drug-likeness (QED) is 0.453. The Bertz CT molecular complexity index is 355. The molecule has 0 aliphatic carbocycles. The van der Waals surface area contributed by atoms with Gasteiger partial charge in [-0.2, -0.15) is 0 Å². The minimum absolute atomic E-state index is 0.643. The summed E-state index contributed by atoms with van der Waals surface area (Å²) in [4.78, 5) is 0. The monoisotopic (exact) mass is 203 g/mol. The lowest BCUT2D eigenvalue weighted by molar-refractivity contribution is 0.218. The largest absolute Gasteiger partial charge is 0.498 e. The first-order chi connectivity index (χ1) is 7.24. The fourth-order valence-corrected chi connectivity index (χ4v) is 1.30. The normalized spacial score (nSPS) is 11.1. The van der Waals surface area contributed by atoms with E-state index in [1.54, 1.807) is 6.08 Å². The Morgan fingerprint density at radius 3 is 2.87 bits per heavy atom. The van der Waals surface area contributed by atoms with Gasteiger partial charge in [-0.15, -0.1) is 0 Å². The molecule has 15 heavy (non-hydrogen) atoms. The highest BCUT2D eigenvalue weighted by atomic mass is 16.5. The summed E-state index contributed by atoms with van der Waals surface area (Å²) in [6, 6.07) is 7.84. The zero-order valence-electron chi connectivity index (χ0n) is 9.07. The van der Waals surface area contributed by atoms with Crippen molar-refractivity contribution in [1.82, 2.24) is 0 Å². The molecule has 1 rings (SSSR count). The average molecular weight is 203 g/mol. The van der Waals surface area contributed by atoms with E-state index in [1.165, 1.54) is 0 Å². The van der Waals surface area contributed by atoms with Gasteiger partial charge in [-0.05, 0) is 24.6 Å². The zero-order chi connectivity index (χ0) is 11.1. The number of rotatable bonds is 5. The third-order valence-electron chi connectivity index (χ3n) is 2.11. The van der Waals surface area contributed by atoms with Crippen molar-refractivity contribution in [2.45, 2.75) is 13.3 Å². The smallest absolute Gasteiger partial charge is 0.0928 e. The summed E-state index contributed by atoms with van der Waals surface area (Å²) in [5, 5.41) is 0. The fraction of sp³-hybridized carbons (Fsp3) is 0.231. The summed E-state index contributed by atoms with van der Waals surface area (Å²) in [5.74, 6) is 0.875. The highest BCUT2D eigenvalue weighted by Gasteiger charge is 1.97. The van der Waals surface area contributed by atoms with Gasteiger partial charge < -0.3 is 10.5 Å². The second kappa shape index (κ2) is 5.91. The van der Waals surface area contributed by atoms with E-state index in [0.29, 0.717) is 6.61 Å². The molecule has 80 valence electrons. The van der Waals surface area contributed by atoms with Gasteiger partial charge in [-0.1, -0.05) is 30.9 Å². The van der Waals surface area contributed by atoms with Gasteiger partial charge in [-0.25, -0.2) is 0 Å². The van der Waals surface area contributed by atoms with Crippen molar-refractivity contribution < 1.29 is 4.74 Å². The van der Waals surface area contributed by atoms with E-state index >= 15 is 0 Å². The SMILES string of the molecule is C=C/C=C(\C)OCCc1ccccc1N. The summed E-state index contributed by atoms with van der Waals surface area (Å²) in [7, 11) is 0. The van der Waals surface area contributed by atoms with Crippen LogP contribution in [0.25, 0.3) is 0 Å². The molecule has 0 atom stereocenters. The number of allylic oxidation sites excluding steroid dienone is 3. The second-order valence-electron chi connectivity index (χ2n) is 3.31. The Balaban J connectivity index is 2.41. The molecule has 0 aliphatic heterocycles. The van der Waals surface area contributed by atoms with Gasteiger partial charge in [0.1, 0.15) is 0 Å². The molecular formula is C13H17NO. The van der Waals surface area contributed by atoms with E-state index in [2.05, 4.69) is 6.58 Å². The lowest BCUT2D eigenvalue weighted by Gasteiger charge is -2.07. The molecule has 0 fully saturated rings. The molecule has 0 radical (unpaired) electrons. The molecule has 2 nitrogen and oxygen atoms in total. The topological polar surface area (TPSA) is 35.2 Å². The van der Waals surface area contributed by atoms with Gasteiger partial charge in [0.15, 0.2) is 0 Å². The maximum absolute atomic E-state index is 5.81. The summed E-state index contributed by atoms with van der Waals surface area (Å²) < 4.78 is 5.48. The molecule has 0 bridgehead atoms. The van der Waals surface area contributed by atoms with Crippen LogP contribution in [-0.4, -0.2) is 6.61 Å². The van der Waals surface area contributed by atoms with E-state index in [1.807, 2.05) is 37.3 Å². The first-order valence-corrected chi connectivity index (χ1v) is 4.99. The number of nitrogen functional groups attached to an aromatic ring is 1. The summed E-state index contributed by atoms with van der Waals surface area (Å²) in [6.07, 6.45) is 4.38. The highest BCUT2D eigenvalue weighted by Crippen LogP contribution is 2.11. The third-order valence-corrected chi connectivity index (χ3v) is 2.11. The molecule has 1 aromatic carbocycles. The maximum atomic E-state index is 5.81. The van der Waals surface area contributed by atoms with Crippen LogP contribution in [0, 0.1) is 0 Å². The third kappa shape index (κ3) is 3.90. The predicted octanol–water partition coefficient (Wildman–Crippen LogP) is 2.92. The van der Waals surface area contributed by atoms with E-state index < -0.39 is 0 Å². The first-order valence-electron chi connectivity index (χ1n) is 4.99. The number of benzene rings is 1. The van der Waals surface area contributed by atoms with Gasteiger partial charge >= 0.3 is 0 Å². The van der Waals surface area contributed by atoms with Crippen LogP contribution in [0.2, 0.25) is 0 Å². The minimum Gasteiger partial charge on any atom is -0.498 e. The van der Waals surface area contributed by atoms with Crippen molar-refractivity contribution in [3.05, 3.63) is 54.3 Å². The van der Waals surface area contributed by atoms with Crippen LogP contribution < -0.4 is 5.73 Å². The van der Waals surface area contributed by atoms with Gasteiger partial charge in [-0.3, -0.25) is 0 Å². The van der Waals surface area contributed by atoms with E-state index in [9.17, 15) is 0 Å². The predicted molar refractivity (Wildman–Crippen MR) is 64.5 cm³/mol. The molecule has 0 aromatic heterocycles. The molecule has 2 heteroatoms. The molecule has 0 saturated carbocycles. The molecule has 2 N–H and O–H groups in total. The number of hydrogen-bond acceptors (Lipinski definition) is 2. The Hall–Kier alpha value is -1.70. The lowest BCUT2D eigenvalue weighted by Crippen LogP contribution is -2.00. The molecule has 0 amide bonds. The zero-order valence-corrected chi connectivity index (χ0v) is 9.07. The van der Waals surface area contributed by atoms with E-state index in [4.69, 9.17) is 10.5 Å². The summed E-state index contributed by atoms with van der Waals surface area (Å²) in [6.45, 7) is 6.16. The van der Waals surface area contributed by atoms with Crippen molar-refractivity contribution >= 4 is 5.69 Å². The van der Waals surface area contributed by atoms with E-state index in [0.717, 1.165) is 23.4 Å². The van der Waals surface area contributed by atoms with Crippen molar-refractivity contribution in [3.8, 4) is 0 Å². The molecule has 0 unspecified atom stereocenters. The van der Waals surface area contributed by atoms with Crippen LogP contribution in [0.3, 0.4) is 0 Å². The van der Waals surface area contributed by atoms with Crippen LogP contribution in [0.1, 0.15) is 12.5 Å². The van der Waals surface area contributed by atoms with Gasteiger partial charge in [0.25, 0.3) is 0 Å². The minimum atomic E-state index is 0.643. The Morgan fingerprint density at radius 2 is 2.20 bits per heavy atom. The Morgan fingerprint density at radius 1 is 1.47 bits per heavy atom. The molecule has 1 aromatic rings. The van der Waals surface area contributed by atoms with Crippen molar-refractivity contribution in [2.75, 3.05) is 12.3 Å². The number of hydrogen-bond donors (Lipinski definition) is 1. The number of anilines is 1. The van der Waals surface area contributed by atoms with Crippen LogP contribution >= 0.6 is 0 Å². The molecule has 0 saturated heterocycles. The maximum Gasteiger partial charge on any atom is 0.0928 e. The highest BCUT2D eigenvalue weighted by molar-refractivity contribution is 5.46. The molecule has 0 heterocycles. The van der Waals surface area contributed by atoms with Gasteiger partial charge in [0, 0.05) is 12.1 Å². The van der Waals surface area contributed by atoms with Crippen LogP contribution in [0.15, 0.2) is 48.8 Å². The Kier molecular flexibility index (Phi) is 4.48. The van der Waals surface area contributed by atoms with Crippen molar-refractivity contribution in [2.24, 2.45) is 0 Å². The second-order valence-corrected chi connectivity index (χ2v) is 3.31. The van der Waals surface area contributed by atoms with Gasteiger partial charge in [0.2, 0.25) is 0 Å². The summed E-state index contributed by atoms with van der Waals surface area (Å²) >= 11 is 0. The average Bonchev–Trinajstić information content (AvgIpc) is 2.21. The van der Waals surface area contributed by atoms with E-state index in [-0.39, 0.29) is 0 Å². The standard InChI is InChI=1S/C13H17NO/c1-3-6-11(2)15-10-9-12-7-4-5-8-13(12)14/h3-8H,1,9-10,14H2,2H3/b11-6+. The van der Waals surface area contributed by atoms with Crippen molar-refractivity contribution in [1.29, 1.82) is 0 Å². The first kappa shape index (κ1) is 11.4. The molecular weight excluding hydrogens is 186 g/mol.